The summed E-state index contributed by atoms with van der Waals surface area (Å²) in [6.45, 7) is 13.1. The van der Waals surface area contributed by atoms with Gasteiger partial charge < -0.3 is 28.1 Å². The normalized spacial score (nSPS) is 12.5. The van der Waals surface area contributed by atoms with Gasteiger partial charge in [0.05, 0.1) is 50.6 Å². The zero-order valence-electron chi connectivity index (χ0n) is 24.7. The number of fused-ring (bicyclic) bond motifs is 1. The maximum absolute atomic E-state index is 12.4. The van der Waals surface area contributed by atoms with Gasteiger partial charge in [0.2, 0.25) is 5.88 Å². The van der Waals surface area contributed by atoms with Crippen LogP contribution in [0.4, 0.5) is 0 Å². The lowest BCUT2D eigenvalue weighted by Gasteiger charge is -2.30. The lowest BCUT2D eigenvalue weighted by molar-refractivity contribution is -0.158. The zero-order chi connectivity index (χ0) is 29.7. The monoisotopic (exact) mass is 570 g/mol. The SMILES string of the molecule is CC(C)CC(C)C(C)(C)C(=O)OCCOCCOCCOCCOc1cc2oc(=O)c(-c3cccnc3)cc2cn1. The number of hydrogen-bond acceptors (Lipinski definition) is 10. The van der Waals surface area contributed by atoms with E-state index >= 15 is 0 Å². The molecule has 0 bridgehead atoms. The highest BCUT2D eigenvalue weighted by molar-refractivity contribution is 5.81. The van der Waals surface area contributed by atoms with Crippen molar-refractivity contribution in [1.82, 2.24) is 9.97 Å². The van der Waals surface area contributed by atoms with E-state index in [-0.39, 0.29) is 25.1 Å². The van der Waals surface area contributed by atoms with Gasteiger partial charge in [-0.2, -0.15) is 0 Å². The van der Waals surface area contributed by atoms with E-state index in [9.17, 15) is 9.59 Å². The lowest BCUT2D eigenvalue weighted by Crippen LogP contribution is -2.34. The third-order valence-electron chi connectivity index (χ3n) is 6.83. The second-order valence-corrected chi connectivity index (χ2v) is 10.8. The highest BCUT2D eigenvalue weighted by atomic mass is 16.6. The number of hydrogen-bond donors (Lipinski definition) is 0. The van der Waals surface area contributed by atoms with E-state index in [2.05, 4.69) is 30.7 Å². The summed E-state index contributed by atoms with van der Waals surface area (Å²) in [7, 11) is 0. The van der Waals surface area contributed by atoms with E-state index in [1.807, 2.05) is 13.8 Å². The largest absolute Gasteiger partial charge is 0.475 e. The van der Waals surface area contributed by atoms with Gasteiger partial charge in [-0.3, -0.25) is 9.78 Å². The third kappa shape index (κ3) is 10.2. The minimum Gasteiger partial charge on any atom is -0.475 e. The van der Waals surface area contributed by atoms with Crippen molar-refractivity contribution in [3.63, 3.8) is 0 Å². The van der Waals surface area contributed by atoms with Crippen molar-refractivity contribution in [1.29, 1.82) is 0 Å². The Morgan fingerprint density at radius 1 is 0.927 bits per heavy atom. The quantitative estimate of drug-likeness (QED) is 0.154. The molecule has 0 aliphatic carbocycles. The fourth-order valence-electron chi connectivity index (χ4n) is 4.13. The average molecular weight is 571 g/mol. The van der Waals surface area contributed by atoms with Gasteiger partial charge in [-0.1, -0.05) is 26.8 Å². The van der Waals surface area contributed by atoms with Crippen LogP contribution in [0.1, 0.15) is 41.0 Å². The predicted octanol–water partition coefficient (Wildman–Crippen LogP) is 4.93. The maximum atomic E-state index is 12.4. The van der Waals surface area contributed by atoms with Crippen molar-refractivity contribution in [2.75, 3.05) is 52.9 Å². The van der Waals surface area contributed by atoms with Crippen LogP contribution in [0.15, 0.2) is 52.1 Å². The first-order valence-corrected chi connectivity index (χ1v) is 14.1. The molecule has 1 unspecified atom stereocenters. The van der Waals surface area contributed by atoms with Crippen LogP contribution in [0.5, 0.6) is 5.88 Å². The Morgan fingerprint density at radius 2 is 1.59 bits per heavy atom. The summed E-state index contributed by atoms with van der Waals surface area (Å²) in [5.41, 5.74) is 0.526. The van der Waals surface area contributed by atoms with E-state index in [0.717, 1.165) is 6.42 Å². The standard InChI is InChI=1S/C31H42N2O8/c1-22(2)17-23(3)31(4,5)30(35)40-16-14-38-12-10-36-9-11-37-13-15-39-28-19-27-25(21-33-28)18-26(29(34)41-27)24-7-6-8-32-20-24/h6-8,18-23H,9-17H2,1-5H3. The molecule has 224 valence electrons. The summed E-state index contributed by atoms with van der Waals surface area (Å²) in [5, 5.41) is 0.685. The average Bonchev–Trinajstić information content (AvgIpc) is 2.95. The molecule has 41 heavy (non-hydrogen) atoms. The number of aromatic nitrogens is 2. The molecule has 1 atom stereocenters. The molecule has 10 heteroatoms. The molecule has 0 radical (unpaired) electrons. The van der Waals surface area contributed by atoms with Gasteiger partial charge in [-0.25, -0.2) is 9.78 Å². The van der Waals surface area contributed by atoms with Gasteiger partial charge in [0.15, 0.2) is 0 Å². The van der Waals surface area contributed by atoms with Crippen molar-refractivity contribution >= 4 is 16.9 Å². The van der Waals surface area contributed by atoms with Gasteiger partial charge in [-0.05, 0) is 44.2 Å². The minimum absolute atomic E-state index is 0.190. The predicted molar refractivity (Wildman–Crippen MR) is 155 cm³/mol. The summed E-state index contributed by atoms with van der Waals surface area (Å²) in [4.78, 5) is 33.2. The number of carbonyl (C=O) groups excluding carboxylic acids is 1. The third-order valence-corrected chi connectivity index (χ3v) is 6.83. The number of esters is 1. The van der Waals surface area contributed by atoms with Crippen LogP contribution in [-0.2, 0) is 23.7 Å². The molecule has 0 saturated heterocycles. The van der Waals surface area contributed by atoms with E-state index in [0.29, 0.717) is 73.5 Å². The Hall–Kier alpha value is -3.34. The maximum Gasteiger partial charge on any atom is 0.344 e. The summed E-state index contributed by atoms with van der Waals surface area (Å²) < 4.78 is 33.0. The van der Waals surface area contributed by atoms with Crippen molar-refractivity contribution in [3.8, 4) is 17.0 Å². The number of ether oxygens (including phenoxy) is 5. The Balaban J connectivity index is 1.22. The molecular weight excluding hydrogens is 528 g/mol. The highest BCUT2D eigenvalue weighted by Gasteiger charge is 2.35. The van der Waals surface area contributed by atoms with Gasteiger partial charge >= 0.3 is 11.6 Å². The van der Waals surface area contributed by atoms with Crippen LogP contribution >= 0.6 is 0 Å². The van der Waals surface area contributed by atoms with E-state index in [1.54, 1.807) is 42.9 Å². The van der Waals surface area contributed by atoms with E-state index < -0.39 is 11.0 Å². The fourth-order valence-corrected chi connectivity index (χ4v) is 4.13. The molecule has 0 aliphatic rings. The highest BCUT2D eigenvalue weighted by Crippen LogP contribution is 2.32. The first-order chi connectivity index (χ1) is 19.7. The molecule has 0 N–H and O–H groups in total. The lowest BCUT2D eigenvalue weighted by atomic mass is 9.76. The van der Waals surface area contributed by atoms with Gasteiger partial charge in [0, 0.05) is 35.6 Å². The molecule has 3 aromatic heterocycles. The number of nitrogens with zero attached hydrogens (tertiary/aromatic N) is 2. The van der Waals surface area contributed by atoms with Crippen LogP contribution in [0, 0.1) is 17.3 Å². The fraction of sp³-hybridized carbons (Fsp3) is 0.548. The number of carbonyl (C=O) groups is 1. The van der Waals surface area contributed by atoms with E-state index in [1.165, 1.54) is 0 Å². The molecule has 0 saturated carbocycles. The first kappa shape index (κ1) is 32.2. The molecule has 0 aromatic carbocycles. The Kier molecular flexibility index (Phi) is 12.7. The molecule has 0 amide bonds. The Bertz CT molecular complexity index is 1280. The first-order valence-electron chi connectivity index (χ1n) is 14.1. The smallest absolute Gasteiger partial charge is 0.344 e. The molecule has 3 aromatic rings. The Morgan fingerprint density at radius 3 is 2.22 bits per heavy atom. The van der Waals surface area contributed by atoms with Gasteiger partial charge in [-0.15, -0.1) is 0 Å². The summed E-state index contributed by atoms with van der Waals surface area (Å²) >= 11 is 0. The molecular formula is C31H42N2O8. The summed E-state index contributed by atoms with van der Waals surface area (Å²) in [5.74, 6) is 0.924. The van der Waals surface area contributed by atoms with Crippen LogP contribution in [0.25, 0.3) is 22.1 Å². The van der Waals surface area contributed by atoms with E-state index in [4.69, 9.17) is 28.1 Å². The number of pyridine rings is 2. The molecule has 3 rings (SSSR count). The Labute approximate surface area is 241 Å². The van der Waals surface area contributed by atoms with Gasteiger partial charge in [0.25, 0.3) is 0 Å². The van der Waals surface area contributed by atoms with Crippen LogP contribution in [0.2, 0.25) is 0 Å². The zero-order valence-corrected chi connectivity index (χ0v) is 24.7. The number of rotatable bonds is 18. The summed E-state index contributed by atoms with van der Waals surface area (Å²) in [6, 6.07) is 6.88. The van der Waals surface area contributed by atoms with Crippen LogP contribution in [-0.4, -0.2) is 68.8 Å². The molecule has 3 heterocycles. The molecule has 10 nitrogen and oxygen atoms in total. The van der Waals surface area contributed by atoms with Crippen molar-refractivity contribution in [2.45, 2.75) is 41.0 Å². The van der Waals surface area contributed by atoms with Crippen LogP contribution in [0.3, 0.4) is 0 Å². The summed E-state index contributed by atoms with van der Waals surface area (Å²) in [6.07, 6.45) is 5.83. The second kappa shape index (κ2) is 16.2. The molecule has 0 fully saturated rings. The van der Waals surface area contributed by atoms with Crippen molar-refractivity contribution < 1.29 is 32.9 Å². The van der Waals surface area contributed by atoms with Crippen LogP contribution < -0.4 is 10.4 Å². The van der Waals surface area contributed by atoms with Crippen molar-refractivity contribution in [3.05, 3.63) is 53.3 Å². The molecule has 0 spiro atoms. The second-order valence-electron chi connectivity index (χ2n) is 10.8. The topological polar surface area (TPSA) is 119 Å². The minimum atomic E-state index is -0.520. The molecule has 0 aliphatic heterocycles. The van der Waals surface area contributed by atoms with Crippen molar-refractivity contribution in [2.24, 2.45) is 17.3 Å². The van der Waals surface area contributed by atoms with Gasteiger partial charge in [0.1, 0.15) is 18.8 Å².